The second-order valence-electron chi connectivity index (χ2n) is 7.20. The molecule has 1 aromatic carbocycles. The molecule has 0 aliphatic carbocycles. The van der Waals surface area contributed by atoms with Crippen molar-refractivity contribution in [1.82, 2.24) is 0 Å². The van der Waals surface area contributed by atoms with E-state index in [1.165, 1.54) is 31.6 Å². The number of hydrogen-bond donors (Lipinski definition) is 1. The number of halogens is 1. The molecule has 4 heteroatoms. The SMILES string of the molecule is CCCC(C(=O)Nc1c(C)cc(Cl)cc1C)[P+]1(C)CCCCC1. The minimum atomic E-state index is -1.16. The topological polar surface area (TPSA) is 29.1 Å². The molecule has 2 nitrogen and oxygen atoms in total. The first-order chi connectivity index (χ1) is 10.9. The van der Waals surface area contributed by atoms with Gasteiger partial charge in [-0.25, -0.2) is 0 Å². The van der Waals surface area contributed by atoms with Crippen LogP contribution in [-0.2, 0) is 4.79 Å². The minimum Gasteiger partial charge on any atom is -0.322 e. The lowest BCUT2D eigenvalue weighted by Crippen LogP contribution is -2.34. The lowest BCUT2D eigenvalue weighted by molar-refractivity contribution is -0.116. The maximum atomic E-state index is 13.1. The van der Waals surface area contributed by atoms with Gasteiger partial charge in [0.05, 0.1) is 12.3 Å². The summed E-state index contributed by atoms with van der Waals surface area (Å²) in [4.78, 5) is 13.1. The highest BCUT2D eigenvalue weighted by molar-refractivity contribution is 7.76. The van der Waals surface area contributed by atoms with E-state index in [0.717, 1.165) is 34.7 Å². The predicted molar refractivity (Wildman–Crippen MR) is 105 cm³/mol. The number of carbonyl (C=O) groups excluding carboxylic acids is 1. The normalized spacial score (nSPS) is 18.5. The second kappa shape index (κ2) is 7.99. The molecule has 1 amide bonds. The van der Waals surface area contributed by atoms with Gasteiger partial charge in [0, 0.05) is 24.6 Å². The van der Waals surface area contributed by atoms with Crippen molar-refractivity contribution >= 4 is 30.5 Å². The molecule has 1 aliphatic rings. The van der Waals surface area contributed by atoms with Crippen LogP contribution in [0.3, 0.4) is 0 Å². The van der Waals surface area contributed by atoms with Crippen molar-refractivity contribution in [3.8, 4) is 0 Å². The maximum Gasteiger partial charge on any atom is 0.265 e. The average Bonchev–Trinajstić information content (AvgIpc) is 2.48. The van der Waals surface area contributed by atoms with Crippen molar-refractivity contribution < 1.29 is 4.79 Å². The fraction of sp³-hybridized carbons (Fsp3) is 0.632. The van der Waals surface area contributed by atoms with Crippen LogP contribution < -0.4 is 5.32 Å². The first-order valence-corrected chi connectivity index (χ1v) is 11.8. The Morgan fingerprint density at radius 3 is 2.30 bits per heavy atom. The van der Waals surface area contributed by atoms with Crippen LogP contribution in [0.15, 0.2) is 12.1 Å². The number of aryl methyl sites for hydroxylation is 2. The summed E-state index contributed by atoms with van der Waals surface area (Å²) < 4.78 is 0. The van der Waals surface area contributed by atoms with Gasteiger partial charge in [-0.2, -0.15) is 0 Å². The van der Waals surface area contributed by atoms with Crippen molar-refractivity contribution in [1.29, 1.82) is 0 Å². The van der Waals surface area contributed by atoms with Crippen molar-refractivity contribution in [3.63, 3.8) is 0 Å². The fourth-order valence-electron chi connectivity index (χ4n) is 3.86. The summed E-state index contributed by atoms with van der Waals surface area (Å²) in [5.74, 6) is 0.234. The zero-order valence-electron chi connectivity index (χ0n) is 14.9. The highest BCUT2D eigenvalue weighted by atomic mass is 35.5. The quantitative estimate of drug-likeness (QED) is 0.656. The Morgan fingerprint density at radius 2 is 1.78 bits per heavy atom. The summed E-state index contributed by atoms with van der Waals surface area (Å²) in [7, 11) is -1.16. The Kier molecular flexibility index (Phi) is 6.51. The highest BCUT2D eigenvalue weighted by Gasteiger charge is 2.45. The first kappa shape index (κ1) is 18.7. The molecule has 128 valence electrons. The molecule has 2 rings (SSSR count). The summed E-state index contributed by atoms with van der Waals surface area (Å²) >= 11 is 6.11. The van der Waals surface area contributed by atoms with Crippen molar-refractivity contribution in [2.45, 2.75) is 58.5 Å². The second-order valence-corrected chi connectivity index (χ2v) is 12.1. The van der Waals surface area contributed by atoms with E-state index in [4.69, 9.17) is 11.6 Å². The van der Waals surface area contributed by atoms with Crippen molar-refractivity contribution in [2.75, 3.05) is 24.3 Å². The molecule has 23 heavy (non-hydrogen) atoms. The van der Waals surface area contributed by atoms with Gasteiger partial charge in [0.1, 0.15) is 5.66 Å². The van der Waals surface area contributed by atoms with Crippen LogP contribution >= 0.6 is 18.9 Å². The molecule has 0 aromatic heterocycles. The van der Waals surface area contributed by atoms with E-state index in [9.17, 15) is 4.79 Å². The van der Waals surface area contributed by atoms with E-state index >= 15 is 0 Å². The van der Waals surface area contributed by atoms with Gasteiger partial charge in [0.2, 0.25) is 0 Å². The molecule has 1 N–H and O–H groups in total. The Morgan fingerprint density at radius 1 is 1.22 bits per heavy atom. The minimum absolute atomic E-state index is 0.210. The summed E-state index contributed by atoms with van der Waals surface area (Å²) in [5.41, 5.74) is 3.25. The lowest BCUT2D eigenvalue weighted by atomic mass is 10.1. The Labute approximate surface area is 146 Å². The zero-order chi connectivity index (χ0) is 17.0. The average molecular weight is 355 g/mol. The molecule has 1 fully saturated rings. The summed E-state index contributed by atoms with van der Waals surface area (Å²) in [6.45, 7) is 8.64. The molecule has 0 saturated carbocycles. The molecule has 0 radical (unpaired) electrons. The van der Waals surface area contributed by atoms with Gasteiger partial charge in [0.15, 0.2) is 0 Å². The maximum absolute atomic E-state index is 13.1. The monoisotopic (exact) mass is 354 g/mol. The summed E-state index contributed by atoms with van der Waals surface area (Å²) in [6.07, 6.45) is 8.60. The molecule has 1 unspecified atom stereocenters. The van der Waals surface area contributed by atoms with Gasteiger partial charge >= 0.3 is 0 Å². The fourth-order valence-corrected chi connectivity index (χ4v) is 8.44. The summed E-state index contributed by atoms with van der Waals surface area (Å²) in [5, 5.41) is 3.97. The lowest BCUT2D eigenvalue weighted by Gasteiger charge is -2.34. The molecular formula is C19H30ClNOP+. The molecule has 0 bridgehead atoms. The third-order valence-corrected chi connectivity index (χ3v) is 10.1. The van der Waals surface area contributed by atoms with Crippen LogP contribution in [0.1, 0.15) is 50.2 Å². The number of rotatable bonds is 5. The van der Waals surface area contributed by atoms with E-state index < -0.39 is 7.26 Å². The molecule has 1 aliphatic heterocycles. The Balaban J connectivity index is 2.22. The molecule has 0 spiro atoms. The van der Waals surface area contributed by atoms with Gasteiger partial charge in [-0.1, -0.05) is 24.9 Å². The molecule has 1 saturated heterocycles. The Bertz CT molecular complexity index is 543. The van der Waals surface area contributed by atoms with Gasteiger partial charge in [-0.05, 0) is 62.8 Å². The van der Waals surface area contributed by atoms with Crippen LogP contribution in [0.2, 0.25) is 5.02 Å². The smallest absolute Gasteiger partial charge is 0.265 e. The predicted octanol–water partition coefficient (Wildman–Crippen LogP) is 5.90. The number of amides is 1. The van der Waals surface area contributed by atoms with Gasteiger partial charge in [0.25, 0.3) is 5.91 Å². The molecular weight excluding hydrogens is 325 g/mol. The van der Waals surface area contributed by atoms with Crippen molar-refractivity contribution in [3.05, 3.63) is 28.3 Å². The van der Waals surface area contributed by atoms with Crippen LogP contribution in [0, 0.1) is 13.8 Å². The standard InChI is InChI=1S/C19H29ClNOP/c1-5-9-17(23(4)10-7-6-8-11-23)19(22)21-18-14(2)12-16(20)13-15(18)3/h12-13,17H,5-11H2,1-4H3/p+1. The van der Waals surface area contributed by atoms with Crippen LogP contribution in [0.5, 0.6) is 0 Å². The number of nitrogens with one attached hydrogen (secondary N) is 1. The van der Waals surface area contributed by atoms with Gasteiger partial charge in [-0.15, -0.1) is 0 Å². The molecule has 1 atom stereocenters. The van der Waals surface area contributed by atoms with Crippen LogP contribution in [0.4, 0.5) is 5.69 Å². The van der Waals surface area contributed by atoms with E-state index in [1.54, 1.807) is 0 Å². The van der Waals surface area contributed by atoms with Gasteiger partial charge in [-0.3, -0.25) is 4.79 Å². The third kappa shape index (κ3) is 4.48. The van der Waals surface area contributed by atoms with E-state index in [-0.39, 0.29) is 11.6 Å². The van der Waals surface area contributed by atoms with E-state index in [2.05, 4.69) is 18.9 Å². The third-order valence-electron chi connectivity index (χ3n) is 5.20. The van der Waals surface area contributed by atoms with E-state index in [0.29, 0.717) is 0 Å². The zero-order valence-corrected chi connectivity index (χ0v) is 16.6. The molecule has 1 aromatic rings. The Hall–Kier alpha value is -0.590. The van der Waals surface area contributed by atoms with Crippen LogP contribution in [0.25, 0.3) is 0 Å². The van der Waals surface area contributed by atoms with E-state index in [1.807, 2.05) is 26.0 Å². The highest BCUT2D eigenvalue weighted by Crippen LogP contribution is 2.64. The molecule has 1 heterocycles. The van der Waals surface area contributed by atoms with Crippen LogP contribution in [-0.4, -0.2) is 30.6 Å². The number of anilines is 1. The van der Waals surface area contributed by atoms with Crippen molar-refractivity contribution in [2.24, 2.45) is 0 Å². The number of carbonyl (C=O) groups is 1. The van der Waals surface area contributed by atoms with Gasteiger partial charge < -0.3 is 5.32 Å². The first-order valence-electron chi connectivity index (χ1n) is 8.79. The number of hydrogen-bond acceptors (Lipinski definition) is 1. The number of benzene rings is 1. The summed E-state index contributed by atoms with van der Waals surface area (Å²) in [6, 6.07) is 3.85. The largest absolute Gasteiger partial charge is 0.322 e.